The summed E-state index contributed by atoms with van der Waals surface area (Å²) in [5.41, 5.74) is 6.16. The Kier molecular flexibility index (Phi) is 4.06. The van der Waals surface area contributed by atoms with Crippen LogP contribution in [0, 0.1) is 5.82 Å². The van der Waals surface area contributed by atoms with Gasteiger partial charge in [-0.05, 0) is 56.1 Å². The summed E-state index contributed by atoms with van der Waals surface area (Å²) in [6.45, 7) is 0. The number of nitrogen functional groups attached to an aromatic ring is 1. The molecule has 0 aliphatic heterocycles. The highest BCUT2D eigenvalue weighted by Gasteiger charge is 2.09. The fourth-order valence-electron chi connectivity index (χ4n) is 1.18. The van der Waals surface area contributed by atoms with Gasteiger partial charge in [0.2, 0.25) is 0 Å². The molecule has 1 aromatic heterocycles. The average molecular weight is 378 g/mol. The van der Waals surface area contributed by atoms with E-state index >= 15 is 0 Å². The second kappa shape index (κ2) is 5.37. The van der Waals surface area contributed by atoms with Crippen molar-refractivity contribution < 1.29 is 4.39 Å². The molecule has 0 aliphatic carbocycles. The van der Waals surface area contributed by atoms with E-state index in [4.69, 9.17) is 5.73 Å². The second-order valence-electron chi connectivity index (χ2n) is 3.20. The zero-order valence-electron chi connectivity index (χ0n) is 8.45. The highest BCUT2D eigenvalue weighted by atomic mass is 79.9. The fraction of sp³-hybridized carbons (Fsp3) is 0. The summed E-state index contributed by atoms with van der Waals surface area (Å²) in [7, 11) is 0. The Morgan fingerprint density at radius 1 is 1.24 bits per heavy atom. The van der Waals surface area contributed by atoms with Gasteiger partial charge in [0.1, 0.15) is 10.8 Å². The first-order valence-corrected chi connectivity index (χ1v) is 7.01. The Morgan fingerprint density at radius 3 is 2.71 bits per heavy atom. The predicted molar refractivity (Wildman–Crippen MR) is 74.6 cm³/mol. The van der Waals surface area contributed by atoms with Gasteiger partial charge in [-0.3, -0.25) is 0 Å². The third-order valence-electron chi connectivity index (χ3n) is 1.98. The topological polar surface area (TPSA) is 38.9 Å². The van der Waals surface area contributed by atoms with Crippen molar-refractivity contribution in [1.29, 1.82) is 0 Å². The lowest BCUT2D eigenvalue weighted by Gasteiger charge is -2.07. The molecule has 2 aromatic rings. The van der Waals surface area contributed by atoms with Crippen LogP contribution in [0.15, 0.2) is 49.3 Å². The van der Waals surface area contributed by atoms with Gasteiger partial charge in [-0.2, -0.15) is 0 Å². The number of hydrogen-bond donors (Lipinski definition) is 1. The summed E-state index contributed by atoms with van der Waals surface area (Å²) in [5.74, 6) is -0.369. The molecule has 6 heteroatoms. The van der Waals surface area contributed by atoms with Gasteiger partial charge in [0.05, 0.1) is 8.95 Å². The van der Waals surface area contributed by atoms with Gasteiger partial charge in [-0.25, -0.2) is 9.37 Å². The van der Waals surface area contributed by atoms with Crippen LogP contribution in [-0.4, -0.2) is 4.98 Å². The molecule has 0 bridgehead atoms. The SMILES string of the molecule is Nc1cc(F)c(Br)cc1Sc1ncccc1Br. The van der Waals surface area contributed by atoms with Crippen molar-refractivity contribution in [1.82, 2.24) is 4.98 Å². The lowest BCUT2D eigenvalue weighted by atomic mass is 10.3. The fourth-order valence-corrected chi connectivity index (χ4v) is 3.02. The highest BCUT2D eigenvalue weighted by Crippen LogP contribution is 2.37. The molecular weight excluding hydrogens is 371 g/mol. The van der Waals surface area contributed by atoms with E-state index in [0.29, 0.717) is 10.2 Å². The summed E-state index contributed by atoms with van der Waals surface area (Å²) in [4.78, 5) is 4.98. The molecule has 0 unspecified atom stereocenters. The van der Waals surface area contributed by atoms with Crippen molar-refractivity contribution in [2.75, 3.05) is 5.73 Å². The van der Waals surface area contributed by atoms with E-state index in [9.17, 15) is 4.39 Å². The molecule has 88 valence electrons. The molecule has 2 nitrogen and oxygen atoms in total. The number of aromatic nitrogens is 1. The van der Waals surface area contributed by atoms with Gasteiger partial charge in [0.15, 0.2) is 0 Å². The van der Waals surface area contributed by atoms with Crippen molar-refractivity contribution >= 4 is 49.3 Å². The van der Waals surface area contributed by atoms with Gasteiger partial charge in [-0.15, -0.1) is 0 Å². The summed E-state index contributed by atoms with van der Waals surface area (Å²) < 4.78 is 14.5. The van der Waals surface area contributed by atoms with Crippen LogP contribution in [0.3, 0.4) is 0 Å². The monoisotopic (exact) mass is 376 g/mol. The number of halogens is 3. The molecule has 2 N–H and O–H groups in total. The highest BCUT2D eigenvalue weighted by molar-refractivity contribution is 9.10. The van der Waals surface area contributed by atoms with Gasteiger partial charge in [-0.1, -0.05) is 11.8 Å². The lowest BCUT2D eigenvalue weighted by molar-refractivity contribution is 0.620. The number of hydrogen-bond acceptors (Lipinski definition) is 3. The minimum Gasteiger partial charge on any atom is -0.398 e. The van der Waals surface area contributed by atoms with E-state index in [2.05, 4.69) is 36.8 Å². The van der Waals surface area contributed by atoms with Crippen LogP contribution in [0.25, 0.3) is 0 Å². The van der Waals surface area contributed by atoms with Crippen LogP contribution in [0.4, 0.5) is 10.1 Å². The molecule has 0 saturated heterocycles. The van der Waals surface area contributed by atoms with Crippen molar-refractivity contribution in [2.45, 2.75) is 9.92 Å². The molecule has 0 aliphatic rings. The third kappa shape index (κ3) is 3.00. The molecule has 0 atom stereocenters. The molecule has 0 fully saturated rings. The Balaban J connectivity index is 2.37. The van der Waals surface area contributed by atoms with Gasteiger partial charge >= 0.3 is 0 Å². The molecule has 0 radical (unpaired) electrons. The number of nitrogens with zero attached hydrogens (tertiary/aromatic N) is 1. The van der Waals surface area contributed by atoms with Crippen LogP contribution in [-0.2, 0) is 0 Å². The number of pyridine rings is 1. The van der Waals surface area contributed by atoms with Crippen molar-refractivity contribution in [3.63, 3.8) is 0 Å². The molecule has 0 spiro atoms. The van der Waals surface area contributed by atoms with Crippen LogP contribution < -0.4 is 5.73 Å². The van der Waals surface area contributed by atoms with Gasteiger partial charge < -0.3 is 5.73 Å². The van der Waals surface area contributed by atoms with Crippen molar-refractivity contribution in [3.05, 3.63) is 45.2 Å². The smallest absolute Gasteiger partial charge is 0.139 e. The predicted octanol–water partition coefficient (Wildman–Crippen LogP) is 4.48. The average Bonchev–Trinajstić information content (AvgIpc) is 2.29. The normalized spacial score (nSPS) is 10.5. The minimum absolute atomic E-state index is 0.369. The van der Waals surface area contributed by atoms with Crippen molar-refractivity contribution in [2.24, 2.45) is 0 Å². The Labute approximate surface area is 119 Å². The summed E-state index contributed by atoms with van der Waals surface area (Å²) in [5, 5.41) is 0.790. The Morgan fingerprint density at radius 2 is 2.00 bits per heavy atom. The summed E-state index contributed by atoms with van der Waals surface area (Å²) >= 11 is 7.92. The van der Waals surface area contributed by atoms with Crippen LogP contribution in [0.2, 0.25) is 0 Å². The first kappa shape index (κ1) is 12.9. The van der Waals surface area contributed by atoms with Crippen LogP contribution >= 0.6 is 43.6 Å². The zero-order chi connectivity index (χ0) is 12.4. The number of rotatable bonds is 2. The van der Waals surface area contributed by atoms with Gasteiger partial charge in [0, 0.05) is 16.8 Å². The molecule has 0 amide bonds. The molecule has 17 heavy (non-hydrogen) atoms. The maximum atomic E-state index is 13.2. The van der Waals surface area contributed by atoms with E-state index in [0.717, 1.165) is 14.4 Å². The van der Waals surface area contributed by atoms with Crippen molar-refractivity contribution in [3.8, 4) is 0 Å². The van der Waals surface area contributed by atoms with E-state index in [-0.39, 0.29) is 5.82 Å². The molecular formula is C11H7Br2FN2S. The van der Waals surface area contributed by atoms with Gasteiger partial charge in [0.25, 0.3) is 0 Å². The Hall–Kier alpha value is -0.590. The summed E-state index contributed by atoms with van der Waals surface area (Å²) in [6.07, 6.45) is 1.70. The number of nitrogens with two attached hydrogens (primary N) is 1. The quantitative estimate of drug-likeness (QED) is 0.784. The second-order valence-corrected chi connectivity index (χ2v) is 5.94. The van der Waals surface area contributed by atoms with E-state index in [1.54, 1.807) is 12.3 Å². The van der Waals surface area contributed by atoms with E-state index < -0.39 is 0 Å². The summed E-state index contributed by atoms with van der Waals surface area (Å²) in [6, 6.07) is 6.67. The zero-order valence-corrected chi connectivity index (χ0v) is 12.4. The minimum atomic E-state index is -0.369. The molecule has 1 aromatic carbocycles. The molecule has 1 heterocycles. The third-order valence-corrected chi connectivity index (χ3v) is 4.59. The van der Waals surface area contributed by atoms with E-state index in [1.807, 2.05) is 12.1 Å². The van der Waals surface area contributed by atoms with Crippen LogP contribution in [0.1, 0.15) is 0 Å². The maximum Gasteiger partial charge on any atom is 0.139 e. The largest absolute Gasteiger partial charge is 0.398 e. The lowest BCUT2D eigenvalue weighted by Crippen LogP contribution is -1.92. The number of benzene rings is 1. The standard InChI is InChI=1S/C11H7Br2FN2S/c12-6-2-1-3-16-11(6)17-10-4-7(13)8(14)5-9(10)15/h1-5H,15H2. The molecule has 0 saturated carbocycles. The molecule has 2 rings (SSSR count). The maximum absolute atomic E-state index is 13.2. The first-order valence-electron chi connectivity index (χ1n) is 4.61. The Bertz CT molecular complexity index is 563. The van der Waals surface area contributed by atoms with E-state index in [1.165, 1.54) is 17.8 Å². The van der Waals surface area contributed by atoms with Crippen LogP contribution in [0.5, 0.6) is 0 Å². The number of anilines is 1. The first-order chi connectivity index (χ1) is 8.08.